The number of rotatable bonds is 1. The molecule has 20 heavy (non-hydrogen) atoms. The molecule has 0 aromatic carbocycles. The van der Waals surface area contributed by atoms with Gasteiger partial charge in [-0.25, -0.2) is 0 Å². The second-order valence-corrected chi connectivity index (χ2v) is 6.57. The van der Waals surface area contributed by atoms with Crippen molar-refractivity contribution in [2.24, 2.45) is 10.9 Å². The van der Waals surface area contributed by atoms with Gasteiger partial charge in [0.05, 0.1) is 5.92 Å². The molecule has 0 aromatic rings. The second kappa shape index (κ2) is 9.31. The van der Waals surface area contributed by atoms with E-state index in [4.69, 9.17) is 4.99 Å². The van der Waals surface area contributed by atoms with Crippen molar-refractivity contribution < 1.29 is 4.79 Å². The molecule has 1 aliphatic heterocycles. The van der Waals surface area contributed by atoms with Crippen LogP contribution in [0.2, 0.25) is 0 Å². The van der Waals surface area contributed by atoms with Gasteiger partial charge in [-0.2, -0.15) is 0 Å². The summed E-state index contributed by atoms with van der Waals surface area (Å²) < 4.78 is 0. The van der Waals surface area contributed by atoms with Crippen LogP contribution < -0.4 is 0 Å². The van der Waals surface area contributed by atoms with E-state index < -0.39 is 0 Å². The number of Topliss-reactive ketones (excluding diaryl/α,β-unsaturated/α-hetero) is 1. The molecule has 0 saturated heterocycles. The number of hydrogen-bond donors (Lipinski definition) is 0. The summed E-state index contributed by atoms with van der Waals surface area (Å²) >= 11 is 0. The maximum Gasteiger partial charge on any atom is 0.141 e. The topological polar surface area (TPSA) is 29.4 Å². The van der Waals surface area contributed by atoms with Crippen LogP contribution in [0.25, 0.3) is 0 Å². The molecule has 1 saturated carbocycles. The molecule has 0 radical (unpaired) electrons. The first-order chi connectivity index (χ1) is 9.88. The summed E-state index contributed by atoms with van der Waals surface area (Å²) in [6.07, 6.45) is 17.3. The molecule has 0 bridgehead atoms. The lowest BCUT2D eigenvalue weighted by Crippen LogP contribution is -2.27. The van der Waals surface area contributed by atoms with Crippen LogP contribution in [0.5, 0.6) is 0 Å². The summed E-state index contributed by atoms with van der Waals surface area (Å²) in [6.45, 7) is 0.957. The van der Waals surface area contributed by atoms with Crippen LogP contribution in [0, 0.1) is 5.92 Å². The number of nitrogens with zero attached hydrogens (tertiary/aromatic N) is 1. The molecule has 1 heterocycles. The minimum atomic E-state index is 0.189. The van der Waals surface area contributed by atoms with Crippen molar-refractivity contribution in [1.82, 2.24) is 0 Å². The van der Waals surface area contributed by atoms with Gasteiger partial charge < -0.3 is 0 Å². The van der Waals surface area contributed by atoms with Gasteiger partial charge in [-0.15, -0.1) is 0 Å². The fourth-order valence-corrected chi connectivity index (χ4v) is 3.58. The Morgan fingerprint density at radius 2 is 1.30 bits per heavy atom. The van der Waals surface area contributed by atoms with Crippen molar-refractivity contribution in [3.05, 3.63) is 0 Å². The van der Waals surface area contributed by atoms with Crippen molar-refractivity contribution in [1.29, 1.82) is 0 Å². The maximum absolute atomic E-state index is 12.1. The van der Waals surface area contributed by atoms with E-state index in [-0.39, 0.29) is 5.92 Å². The van der Waals surface area contributed by atoms with Gasteiger partial charge in [0.1, 0.15) is 5.78 Å². The Labute approximate surface area is 124 Å². The van der Waals surface area contributed by atoms with E-state index in [1.807, 2.05) is 0 Å². The molecule has 1 atom stereocenters. The lowest BCUT2D eigenvalue weighted by atomic mass is 9.83. The van der Waals surface area contributed by atoms with Crippen LogP contribution >= 0.6 is 0 Å². The van der Waals surface area contributed by atoms with Crippen LogP contribution in [0.1, 0.15) is 89.9 Å². The minimum absolute atomic E-state index is 0.189. The zero-order valence-electron chi connectivity index (χ0n) is 13.0. The highest BCUT2D eigenvalue weighted by Gasteiger charge is 2.26. The molecule has 0 amide bonds. The van der Waals surface area contributed by atoms with Crippen LogP contribution in [-0.2, 0) is 4.79 Å². The lowest BCUT2D eigenvalue weighted by molar-refractivity contribution is -0.122. The Hall–Kier alpha value is -0.660. The summed E-state index contributed by atoms with van der Waals surface area (Å²) in [5.41, 5.74) is 1.26. The summed E-state index contributed by atoms with van der Waals surface area (Å²) in [4.78, 5) is 17.0. The molecule has 0 N–H and O–H groups in total. The van der Waals surface area contributed by atoms with E-state index in [1.54, 1.807) is 0 Å². The fraction of sp³-hybridized carbons (Fsp3) is 0.889. The van der Waals surface area contributed by atoms with Gasteiger partial charge >= 0.3 is 0 Å². The van der Waals surface area contributed by atoms with E-state index in [0.717, 1.165) is 32.2 Å². The number of hydrogen-bond acceptors (Lipinski definition) is 2. The molecule has 0 spiro atoms. The van der Waals surface area contributed by atoms with Gasteiger partial charge in [0, 0.05) is 18.7 Å². The Bertz CT molecular complexity index is 321. The maximum atomic E-state index is 12.1. The van der Waals surface area contributed by atoms with Crippen LogP contribution in [0.4, 0.5) is 0 Å². The molecular weight excluding hydrogens is 246 g/mol. The predicted octanol–water partition coefficient (Wildman–Crippen LogP) is 5.10. The first-order valence-corrected chi connectivity index (χ1v) is 8.94. The first-order valence-electron chi connectivity index (χ1n) is 8.94. The third-order valence-corrected chi connectivity index (χ3v) is 4.86. The highest BCUT2D eigenvalue weighted by molar-refractivity contribution is 6.05. The zero-order valence-corrected chi connectivity index (χ0v) is 13.0. The van der Waals surface area contributed by atoms with Crippen molar-refractivity contribution in [3.63, 3.8) is 0 Å². The molecule has 1 aliphatic carbocycles. The van der Waals surface area contributed by atoms with Crippen molar-refractivity contribution in [2.75, 3.05) is 6.54 Å². The monoisotopic (exact) mass is 277 g/mol. The van der Waals surface area contributed by atoms with Crippen molar-refractivity contribution in [2.45, 2.75) is 89.9 Å². The summed E-state index contributed by atoms with van der Waals surface area (Å²) in [6, 6.07) is 0. The second-order valence-electron chi connectivity index (χ2n) is 6.57. The molecule has 2 nitrogen and oxygen atoms in total. The van der Waals surface area contributed by atoms with Gasteiger partial charge in [0.15, 0.2) is 0 Å². The van der Waals surface area contributed by atoms with E-state index in [9.17, 15) is 4.79 Å². The quantitative estimate of drug-likeness (QED) is 0.655. The van der Waals surface area contributed by atoms with E-state index in [0.29, 0.717) is 5.78 Å². The summed E-state index contributed by atoms with van der Waals surface area (Å²) in [5, 5.41) is 0. The molecule has 2 rings (SSSR count). The van der Waals surface area contributed by atoms with Gasteiger partial charge in [-0.05, 0) is 32.1 Å². The molecule has 0 unspecified atom stereocenters. The molecule has 0 aromatic heterocycles. The Balaban J connectivity index is 1.92. The Morgan fingerprint density at radius 1 is 0.700 bits per heavy atom. The smallest absolute Gasteiger partial charge is 0.141 e. The van der Waals surface area contributed by atoms with E-state index in [1.165, 1.54) is 69.9 Å². The van der Waals surface area contributed by atoms with Crippen LogP contribution in [0.15, 0.2) is 4.99 Å². The largest absolute Gasteiger partial charge is 0.299 e. The van der Waals surface area contributed by atoms with Gasteiger partial charge in [-0.1, -0.05) is 51.4 Å². The minimum Gasteiger partial charge on any atom is -0.299 e. The Morgan fingerprint density at radius 3 is 2.00 bits per heavy atom. The molecule has 2 aliphatic rings. The molecule has 2 heteroatoms. The normalized spacial score (nSPS) is 27.9. The number of aliphatic imine (C=N–C) groups is 1. The first kappa shape index (κ1) is 15.7. The van der Waals surface area contributed by atoms with Crippen molar-refractivity contribution in [3.8, 4) is 0 Å². The Kier molecular flexibility index (Phi) is 7.32. The highest BCUT2D eigenvalue weighted by atomic mass is 16.1. The van der Waals surface area contributed by atoms with Gasteiger partial charge in [0.2, 0.25) is 0 Å². The molecule has 1 fully saturated rings. The third kappa shape index (κ3) is 5.38. The average molecular weight is 277 g/mol. The van der Waals surface area contributed by atoms with Crippen LogP contribution in [-0.4, -0.2) is 18.0 Å². The summed E-state index contributed by atoms with van der Waals surface area (Å²) in [5.74, 6) is 0.660. The van der Waals surface area contributed by atoms with Gasteiger partial charge in [-0.3, -0.25) is 9.79 Å². The van der Waals surface area contributed by atoms with E-state index in [2.05, 4.69) is 0 Å². The van der Waals surface area contributed by atoms with Crippen molar-refractivity contribution >= 4 is 11.5 Å². The zero-order chi connectivity index (χ0) is 14.0. The number of carbonyl (C=O) groups excluding carboxylic acids is 1. The van der Waals surface area contributed by atoms with Crippen LogP contribution in [0.3, 0.4) is 0 Å². The standard InChI is InChI=1S/C18H31NO/c20-18-14-10-9-12-16(18)17-13-8-6-4-2-1-3-5-7-11-15-19-17/h16H,1-15H2/t16-/m1/s1. The average Bonchev–Trinajstić information content (AvgIpc) is 2.49. The van der Waals surface area contributed by atoms with Gasteiger partial charge in [0.25, 0.3) is 0 Å². The number of ketones is 1. The fourth-order valence-electron chi connectivity index (χ4n) is 3.58. The predicted molar refractivity (Wildman–Crippen MR) is 85.4 cm³/mol. The highest BCUT2D eigenvalue weighted by Crippen LogP contribution is 2.25. The van der Waals surface area contributed by atoms with E-state index >= 15 is 0 Å². The molecule has 114 valence electrons. The lowest BCUT2D eigenvalue weighted by Gasteiger charge is -2.22. The summed E-state index contributed by atoms with van der Waals surface area (Å²) in [7, 11) is 0. The molecular formula is C18H31NO. The number of carbonyl (C=O) groups is 1. The SMILES string of the molecule is O=C1CCCC[C@@H]1C1=NCCCCCCCCCCC1. The third-order valence-electron chi connectivity index (χ3n) is 4.86.